The first-order valence-corrected chi connectivity index (χ1v) is 7.13. The highest BCUT2D eigenvalue weighted by atomic mass is 19.4. The zero-order valence-electron chi connectivity index (χ0n) is 11.9. The largest absolute Gasteiger partial charge is 0.416 e. The van der Waals surface area contributed by atoms with E-state index in [0.29, 0.717) is 6.54 Å². The summed E-state index contributed by atoms with van der Waals surface area (Å²) in [6, 6.07) is 4.49. The summed E-state index contributed by atoms with van der Waals surface area (Å²) in [5, 5.41) is 2.57. The number of nitrogens with one attached hydrogen (secondary N) is 1. The topological polar surface area (TPSA) is 32.3 Å². The van der Waals surface area contributed by atoms with Gasteiger partial charge in [0, 0.05) is 18.3 Å². The molecule has 116 valence electrons. The minimum absolute atomic E-state index is 0.110. The van der Waals surface area contributed by atoms with E-state index in [9.17, 15) is 18.0 Å². The lowest BCUT2D eigenvalue weighted by molar-refractivity contribution is -0.137. The number of carbonyl (C=O) groups is 1. The van der Waals surface area contributed by atoms with Crippen LogP contribution < -0.4 is 5.32 Å². The van der Waals surface area contributed by atoms with E-state index in [1.807, 2.05) is 6.92 Å². The molecule has 0 saturated carbocycles. The van der Waals surface area contributed by atoms with Crippen molar-refractivity contribution < 1.29 is 18.0 Å². The van der Waals surface area contributed by atoms with E-state index in [4.69, 9.17) is 0 Å². The van der Waals surface area contributed by atoms with Crippen molar-refractivity contribution in [3.8, 4) is 0 Å². The number of carbonyl (C=O) groups excluding carboxylic acids is 1. The van der Waals surface area contributed by atoms with Crippen LogP contribution in [0.25, 0.3) is 0 Å². The van der Waals surface area contributed by atoms with E-state index < -0.39 is 11.7 Å². The van der Waals surface area contributed by atoms with E-state index in [-0.39, 0.29) is 17.8 Å². The molecule has 1 N–H and O–H groups in total. The summed E-state index contributed by atoms with van der Waals surface area (Å²) in [5.74, 6) is 0. The molecule has 1 aromatic carbocycles. The summed E-state index contributed by atoms with van der Waals surface area (Å²) in [5.41, 5.74) is -0.588. The van der Waals surface area contributed by atoms with Crippen LogP contribution in [0.2, 0.25) is 0 Å². The van der Waals surface area contributed by atoms with Crippen molar-refractivity contribution in [3.63, 3.8) is 0 Å². The Morgan fingerprint density at radius 2 is 2.05 bits per heavy atom. The minimum atomic E-state index is -4.41. The first-order valence-electron chi connectivity index (χ1n) is 7.13. The van der Waals surface area contributed by atoms with E-state index >= 15 is 0 Å². The molecule has 1 aromatic rings. The van der Waals surface area contributed by atoms with Gasteiger partial charge in [-0.15, -0.1) is 0 Å². The Morgan fingerprint density at radius 3 is 2.76 bits per heavy atom. The second kappa shape index (κ2) is 6.37. The highest BCUT2D eigenvalue weighted by Gasteiger charge is 2.30. The second-order valence-corrected chi connectivity index (χ2v) is 5.40. The maximum atomic E-state index is 12.7. The molecule has 2 rings (SSSR count). The van der Waals surface area contributed by atoms with Crippen molar-refractivity contribution in [2.45, 2.75) is 44.8 Å². The van der Waals surface area contributed by atoms with Crippen LogP contribution in [0.4, 0.5) is 23.7 Å². The van der Waals surface area contributed by atoms with Gasteiger partial charge in [0.1, 0.15) is 0 Å². The van der Waals surface area contributed by atoms with E-state index in [1.54, 1.807) is 4.90 Å². The number of anilines is 1. The predicted molar refractivity (Wildman–Crippen MR) is 75.1 cm³/mol. The van der Waals surface area contributed by atoms with Gasteiger partial charge in [-0.05, 0) is 38.0 Å². The van der Waals surface area contributed by atoms with Crippen molar-refractivity contribution in [1.82, 2.24) is 4.90 Å². The van der Waals surface area contributed by atoms with Gasteiger partial charge in [-0.25, -0.2) is 4.79 Å². The molecule has 0 aromatic heterocycles. The Labute approximate surface area is 122 Å². The van der Waals surface area contributed by atoms with Crippen molar-refractivity contribution in [3.05, 3.63) is 29.8 Å². The Morgan fingerprint density at radius 1 is 1.29 bits per heavy atom. The molecule has 0 radical (unpaired) electrons. The van der Waals surface area contributed by atoms with Crippen LogP contribution in [0.1, 0.15) is 38.2 Å². The zero-order valence-corrected chi connectivity index (χ0v) is 11.9. The highest BCUT2D eigenvalue weighted by Crippen LogP contribution is 2.30. The van der Waals surface area contributed by atoms with Crippen molar-refractivity contribution in [1.29, 1.82) is 0 Å². The van der Waals surface area contributed by atoms with Crippen LogP contribution in [0.3, 0.4) is 0 Å². The normalized spacial score (nSPS) is 20.0. The highest BCUT2D eigenvalue weighted by molar-refractivity contribution is 5.89. The van der Waals surface area contributed by atoms with Crippen LogP contribution in [-0.4, -0.2) is 23.5 Å². The van der Waals surface area contributed by atoms with Gasteiger partial charge in [0.05, 0.1) is 5.56 Å². The van der Waals surface area contributed by atoms with Crippen molar-refractivity contribution in [2.24, 2.45) is 0 Å². The SMILES string of the molecule is CC1CCCCCN1C(=O)Nc1cccc(C(F)(F)F)c1. The molecule has 1 aliphatic rings. The minimum Gasteiger partial charge on any atom is -0.322 e. The summed E-state index contributed by atoms with van der Waals surface area (Å²) in [4.78, 5) is 13.9. The Bertz CT molecular complexity index is 502. The molecule has 2 amide bonds. The molecule has 6 heteroatoms. The third kappa shape index (κ3) is 4.12. The molecule has 1 saturated heterocycles. The molecule has 1 aliphatic heterocycles. The van der Waals surface area contributed by atoms with E-state index in [2.05, 4.69) is 5.32 Å². The number of nitrogens with zero attached hydrogens (tertiary/aromatic N) is 1. The van der Waals surface area contributed by atoms with Crippen molar-refractivity contribution in [2.75, 3.05) is 11.9 Å². The lowest BCUT2D eigenvalue weighted by Gasteiger charge is -2.27. The molecule has 1 atom stereocenters. The van der Waals surface area contributed by atoms with Crippen LogP contribution in [0, 0.1) is 0 Å². The van der Waals surface area contributed by atoms with E-state index in [1.165, 1.54) is 12.1 Å². The van der Waals surface area contributed by atoms with Crippen LogP contribution in [0.5, 0.6) is 0 Å². The summed E-state index contributed by atoms with van der Waals surface area (Å²) < 4.78 is 38.0. The van der Waals surface area contributed by atoms with Crippen LogP contribution >= 0.6 is 0 Å². The fourth-order valence-corrected chi connectivity index (χ4v) is 2.55. The fourth-order valence-electron chi connectivity index (χ4n) is 2.55. The quantitative estimate of drug-likeness (QED) is 0.813. The van der Waals surface area contributed by atoms with Gasteiger partial charge in [-0.1, -0.05) is 18.9 Å². The molecular weight excluding hydrogens is 281 g/mol. The zero-order chi connectivity index (χ0) is 15.5. The molecule has 21 heavy (non-hydrogen) atoms. The monoisotopic (exact) mass is 300 g/mol. The number of halogens is 3. The molecule has 0 aliphatic carbocycles. The van der Waals surface area contributed by atoms with Gasteiger partial charge in [-0.2, -0.15) is 13.2 Å². The maximum Gasteiger partial charge on any atom is 0.416 e. The Hall–Kier alpha value is -1.72. The summed E-state index contributed by atoms with van der Waals surface area (Å²) in [7, 11) is 0. The Balaban J connectivity index is 2.08. The average molecular weight is 300 g/mol. The number of amides is 2. The van der Waals surface area contributed by atoms with Gasteiger partial charge in [-0.3, -0.25) is 0 Å². The lowest BCUT2D eigenvalue weighted by atomic mass is 10.1. The number of benzene rings is 1. The third-order valence-electron chi connectivity index (χ3n) is 3.76. The first kappa shape index (κ1) is 15.7. The summed E-state index contributed by atoms with van der Waals surface area (Å²) in [6.45, 7) is 2.61. The van der Waals surface area contributed by atoms with Crippen LogP contribution in [0.15, 0.2) is 24.3 Å². The number of hydrogen-bond acceptors (Lipinski definition) is 1. The predicted octanol–water partition coefficient (Wildman–Crippen LogP) is 4.50. The van der Waals surface area contributed by atoms with Gasteiger partial charge < -0.3 is 10.2 Å². The lowest BCUT2D eigenvalue weighted by Crippen LogP contribution is -2.41. The average Bonchev–Trinajstić information content (AvgIpc) is 2.62. The summed E-state index contributed by atoms with van der Waals surface area (Å²) in [6.07, 6.45) is -0.390. The fraction of sp³-hybridized carbons (Fsp3) is 0.533. The maximum absolute atomic E-state index is 12.7. The molecule has 0 bridgehead atoms. The molecule has 0 spiro atoms. The van der Waals surface area contributed by atoms with Gasteiger partial charge in [0.25, 0.3) is 0 Å². The molecular formula is C15H19F3N2O. The number of urea groups is 1. The van der Waals surface area contributed by atoms with Crippen molar-refractivity contribution >= 4 is 11.7 Å². The third-order valence-corrected chi connectivity index (χ3v) is 3.76. The van der Waals surface area contributed by atoms with Gasteiger partial charge in [0.15, 0.2) is 0 Å². The number of alkyl halides is 3. The summed E-state index contributed by atoms with van der Waals surface area (Å²) >= 11 is 0. The van der Waals surface area contributed by atoms with Crippen LogP contribution in [-0.2, 0) is 6.18 Å². The molecule has 1 heterocycles. The molecule has 3 nitrogen and oxygen atoms in total. The van der Waals surface area contributed by atoms with Gasteiger partial charge >= 0.3 is 12.2 Å². The molecule has 1 unspecified atom stereocenters. The standard InChI is InChI=1S/C15H19F3N2O/c1-11-6-3-2-4-9-20(11)14(21)19-13-8-5-7-12(10-13)15(16,17)18/h5,7-8,10-11H,2-4,6,9H2,1H3,(H,19,21). The first-order chi connectivity index (χ1) is 9.88. The smallest absolute Gasteiger partial charge is 0.322 e. The van der Waals surface area contributed by atoms with Gasteiger partial charge in [0.2, 0.25) is 0 Å². The Kier molecular flexibility index (Phi) is 4.75. The number of rotatable bonds is 1. The molecule has 1 fully saturated rings. The van der Waals surface area contributed by atoms with E-state index in [0.717, 1.165) is 37.8 Å². The number of hydrogen-bond donors (Lipinski definition) is 1. The number of likely N-dealkylation sites (tertiary alicyclic amines) is 1. The second-order valence-electron chi connectivity index (χ2n) is 5.40.